The molecule has 0 saturated heterocycles. The van der Waals surface area contributed by atoms with Crippen LogP contribution in [-0.2, 0) is 15.7 Å². The van der Waals surface area contributed by atoms with Crippen molar-refractivity contribution in [2.24, 2.45) is 5.92 Å². The van der Waals surface area contributed by atoms with Gasteiger partial charge in [0.2, 0.25) is 0 Å². The lowest BCUT2D eigenvalue weighted by Gasteiger charge is -2.14. The molecule has 0 radical (unpaired) electrons. The molecule has 7 heteroatoms. The van der Waals surface area contributed by atoms with Crippen molar-refractivity contribution in [3.05, 3.63) is 24.0 Å². The average Bonchev–Trinajstić information content (AvgIpc) is 2.54. The van der Waals surface area contributed by atoms with Crippen LogP contribution in [0.3, 0.4) is 0 Å². The van der Waals surface area contributed by atoms with Crippen LogP contribution in [0.2, 0.25) is 0 Å². The number of halogens is 3. The van der Waals surface area contributed by atoms with E-state index < -0.39 is 11.9 Å². The number of nitrogens with zero attached hydrogens (tertiary/aromatic N) is 1. The summed E-state index contributed by atoms with van der Waals surface area (Å²) in [6.45, 7) is 4.56. The summed E-state index contributed by atoms with van der Waals surface area (Å²) in [4.78, 5) is 15.2. The molecular weight excluding hydrogens is 339 g/mol. The van der Waals surface area contributed by atoms with Crippen LogP contribution in [0.15, 0.2) is 23.2 Å². The molecule has 0 aliphatic rings. The fourth-order valence-corrected chi connectivity index (χ4v) is 3.11. The number of pyridine rings is 1. The summed E-state index contributed by atoms with van der Waals surface area (Å²) in [5.74, 6) is 0.228. The van der Waals surface area contributed by atoms with Gasteiger partial charge in [-0.25, -0.2) is 0 Å². The predicted octanol–water partition coefficient (Wildman–Crippen LogP) is 5.34. The smallest absolute Gasteiger partial charge is 0.434 e. The minimum atomic E-state index is -4.49. The molecule has 0 fully saturated rings. The standard InChI is InChI=1S/C17H24F3NO2S/c1-3-5-7-13(4-2)12-23-15(22)9-11-24-14-8-6-10-21-16(14)17(18,19)20/h6,8,10,13H,3-5,7,9,11-12H2,1-2H3/t13-/m0/s1. The fraction of sp³-hybridized carbons (Fsp3) is 0.647. The molecule has 24 heavy (non-hydrogen) atoms. The average molecular weight is 363 g/mol. The van der Waals surface area contributed by atoms with Crippen LogP contribution < -0.4 is 0 Å². The number of aromatic nitrogens is 1. The van der Waals surface area contributed by atoms with Gasteiger partial charge >= 0.3 is 12.1 Å². The molecule has 1 aromatic rings. The molecule has 1 atom stereocenters. The fourth-order valence-electron chi connectivity index (χ4n) is 2.15. The lowest BCUT2D eigenvalue weighted by atomic mass is 10.0. The monoisotopic (exact) mass is 363 g/mol. The number of hydrogen-bond donors (Lipinski definition) is 0. The molecule has 136 valence electrons. The zero-order chi connectivity index (χ0) is 18.0. The quantitative estimate of drug-likeness (QED) is 0.415. The first-order valence-corrected chi connectivity index (χ1v) is 9.17. The largest absolute Gasteiger partial charge is 0.465 e. The molecule has 1 heterocycles. The van der Waals surface area contributed by atoms with Crippen LogP contribution >= 0.6 is 11.8 Å². The van der Waals surface area contributed by atoms with E-state index >= 15 is 0 Å². The highest BCUT2D eigenvalue weighted by Crippen LogP contribution is 2.35. The molecule has 0 aromatic carbocycles. The van der Waals surface area contributed by atoms with E-state index in [-0.39, 0.29) is 23.0 Å². The zero-order valence-electron chi connectivity index (χ0n) is 14.1. The molecule has 0 spiro atoms. The highest BCUT2D eigenvalue weighted by Gasteiger charge is 2.35. The van der Waals surface area contributed by atoms with Crippen molar-refractivity contribution in [3.8, 4) is 0 Å². The van der Waals surface area contributed by atoms with Crippen molar-refractivity contribution < 1.29 is 22.7 Å². The van der Waals surface area contributed by atoms with E-state index in [9.17, 15) is 18.0 Å². The van der Waals surface area contributed by atoms with Crippen molar-refractivity contribution >= 4 is 17.7 Å². The predicted molar refractivity (Wildman–Crippen MR) is 88.8 cm³/mol. The second-order valence-electron chi connectivity index (χ2n) is 5.55. The van der Waals surface area contributed by atoms with Crippen LogP contribution in [0.1, 0.15) is 51.6 Å². The van der Waals surface area contributed by atoms with Crippen LogP contribution in [0.5, 0.6) is 0 Å². The maximum absolute atomic E-state index is 12.8. The number of ether oxygens (including phenoxy) is 1. The minimum Gasteiger partial charge on any atom is -0.465 e. The third-order valence-electron chi connectivity index (χ3n) is 3.63. The first-order chi connectivity index (χ1) is 11.4. The Bertz CT molecular complexity index is 509. The van der Waals surface area contributed by atoms with E-state index in [2.05, 4.69) is 18.8 Å². The Kier molecular flexibility index (Phi) is 9.18. The van der Waals surface area contributed by atoms with Gasteiger partial charge in [0.25, 0.3) is 0 Å². The molecule has 0 bridgehead atoms. The molecule has 0 unspecified atom stereocenters. The number of carbonyl (C=O) groups excluding carboxylic acids is 1. The van der Waals surface area contributed by atoms with Crippen molar-refractivity contribution in [2.75, 3.05) is 12.4 Å². The van der Waals surface area contributed by atoms with E-state index in [4.69, 9.17) is 4.74 Å². The number of thioether (sulfide) groups is 1. The summed E-state index contributed by atoms with van der Waals surface area (Å²) >= 11 is 0.973. The number of esters is 1. The van der Waals surface area contributed by atoms with E-state index in [1.54, 1.807) is 0 Å². The summed E-state index contributed by atoms with van der Waals surface area (Å²) in [5.41, 5.74) is -0.908. The van der Waals surface area contributed by atoms with Crippen molar-refractivity contribution in [1.82, 2.24) is 4.98 Å². The van der Waals surface area contributed by atoms with Crippen molar-refractivity contribution in [1.29, 1.82) is 0 Å². The van der Waals surface area contributed by atoms with Gasteiger partial charge in [-0.05, 0) is 24.5 Å². The lowest BCUT2D eigenvalue weighted by Crippen LogP contribution is -2.14. The number of carbonyl (C=O) groups is 1. The number of rotatable bonds is 10. The SMILES string of the molecule is CCCC[C@H](CC)COC(=O)CCSc1cccnc1C(F)(F)F. The third-order valence-corrected chi connectivity index (χ3v) is 4.67. The molecule has 0 N–H and O–H groups in total. The lowest BCUT2D eigenvalue weighted by molar-refractivity contribution is -0.144. The highest BCUT2D eigenvalue weighted by atomic mass is 32.2. The molecule has 0 amide bonds. The van der Waals surface area contributed by atoms with Crippen LogP contribution in [-0.4, -0.2) is 23.3 Å². The van der Waals surface area contributed by atoms with Crippen LogP contribution in [0, 0.1) is 5.92 Å². The van der Waals surface area contributed by atoms with Crippen LogP contribution in [0.4, 0.5) is 13.2 Å². The normalized spacial score (nSPS) is 12.9. The Morgan fingerprint density at radius 3 is 2.75 bits per heavy atom. The zero-order valence-corrected chi connectivity index (χ0v) is 14.9. The Morgan fingerprint density at radius 2 is 2.12 bits per heavy atom. The summed E-state index contributed by atoms with van der Waals surface area (Å²) in [7, 11) is 0. The van der Waals surface area contributed by atoms with Crippen molar-refractivity contribution in [2.45, 2.75) is 57.0 Å². The van der Waals surface area contributed by atoms with Gasteiger partial charge in [0.1, 0.15) is 0 Å². The third kappa shape index (κ3) is 7.55. The van der Waals surface area contributed by atoms with Gasteiger partial charge in [-0.1, -0.05) is 33.1 Å². The Hall–Kier alpha value is -1.24. The van der Waals surface area contributed by atoms with Crippen molar-refractivity contribution in [3.63, 3.8) is 0 Å². The van der Waals surface area contributed by atoms with E-state index in [0.717, 1.165) is 43.6 Å². The van der Waals surface area contributed by atoms with Gasteiger partial charge in [0.05, 0.1) is 13.0 Å². The van der Waals surface area contributed by atoms with E-state index in [1.807, 2.05) is 0 Å². The first kappa shape index (κ1) is 20.8. The Morgan fingerprint density at radius 1 is 1.38 bits per heavy atom. The Labute approximate surface area is 145 Å². The molecular formula is C17H24F3NO2S. The van der Waals surface area contributed by atoms with E-state index in [0.29, 0.717) is 12.5 Å². The molecule has 0 saturated carbocycles. The van der Waals surface area contributed by atoms with Gasteiger partial charge in [-0.3, -0.25) is 9.78 Å². The molecule has 0 aliphatic carbocycles. The van der Waals surface area contributed by atoms with Gasteiger partial charge in [0.15, 0.2) is 5.69 Å². The molecule has 1 aromatic heterocycles. The summed E-state index contributed by atoms with van der Waals surface area (Å²) in [6.07, 6.45) is 0.897. The number of alkyl halides is 3. The van der Waals surface area contributed by atoms with Gasteiger partial charge in [0, 0.05) is 16.8 Å². The molecule has 0 aliphatic heterocycles. The highest BCUT2D eigenvalue weighted by molar-refractivity contribution is 7.99. The van der Waals surface area contributed by atoms with Gasteiger partial charge in [-0.15, -0.1) is 11.8 Å². The molecule has 3 nitrogen and oxygen atoms in total. The minimum absolute atomic E-state index is 0.0344. The topological polar surface area (TPSA) is 39.2 Å². The van der Waals surface area contributed by atoms with Gasteiger partial charge < -0.3 is 4.74 Å². The number of hydrogen-bond acceptors (Lipinski definition) is 4. The maximum Gasteiger partial charge on any atom is 0.434 e. The van der Waals surface area contributed by atoms with Crippen LogP contribution in [0.25, 0.3) is 0 Å². The maximum atomic E-state index is 12.8. The summed E-state index contributed by atoms with van der Waals surface area (Å²) < 4.78 is 43.7. The second kappa shape index (κ2) is 10.6. The number of unbranched alkanes of at least 4 members (excludes halogenated alkanes) is 1. The molecule has 1 rings (SSSR count). The summed E-state index contributed by atoms with van der Waals surface area (Å²) in [6, 6.07) is 2.82. The van der Waals surface area contributed by atoms with Gasteiger partial charge in [-0.2, -0.15) is 13.2 Å². The second-order valence-corrected chi connectivity index (χ2v) is 6.68. The summed E-state index contributed by atoms with van der Waals surface area (Å²) in [5, 5.41) is 0. The van der Waals surface area contributed by atoms with E-state index in [1.165, 1.54) is 12.1 Å². The Balaban J connectivity index is 2.39. The first-order valence-electron chi connectivity index (χ1n) is 8.19.